The van der Waals surface area contributed by atoms with Crippen LogP contribution >= 0.6 is 0 Å². The van der Waals surface area contributed by atoms with Crippen molar-refractivity contribution in [3.63, 3.8) is 0 Å². The van der Waals surface area contributed by atoms with Crippen LogP contribution in [0.5, 0.6) is 5.75 Å². The van der Waals surface area contributed by atoms with Crippen LogP contribution in [0, 0.1) is 6.92 Å². The highest BCUT2D eigenvalue weighted by Gasteiger charge is 2.36. The molecule has 23 heavy (non-hydrogen) atoms. The molecule has 0 N–H and O–H groups in total. The molecule has 0 saturated heterocycles. The summed E-state index contributed by atoms with van der Waals surface area (Å²) in [6.45, 7) is 3.42. The van der Waals surface area contributed by atoms with E-state index in [0.717, 1.165) is 6.07 Å². The van der Waals surface area contributed by atoms with Crippen LogP contribution in [0.4, 0.5) is 13.2 Å². The SMILES string of the molecule is COC(=O)C(C)c1c(C)n(C)c2cc(C(F)(F)F)c(OC)cc12. The van der Waals surface area contributed by atoms with Crippen LogP contribution in [-0.4, -0.2) is 24.8 Å². The van der Waals surface area contributed by atoms with Gasteiger partial charge in [0.1, 0.15) is 5.75 Å². The van der Waals surface area contributed by atoms with Crippen LogP contribution < -0.4 is 4.74 Å². The minimum absolute atomic E-state index is 0.270. The quantitative estimate of drug-likeness (QED) is 0.805. The molecule has 0 aliphatic rings. The third kappa shape index (κ3) is 2.75. The second-order valence-corrected chi connectivity index (χ2v) is 5.37. The maximum Gasteiger partial charge on any atom is 0.420 e. The summed E-state index contributed by atoms with van der Waals surface area (Å²) < 4.78 is 50.8. The van der Waals surface area contributed by atoms with E-state index in [1.54, 1.807) is 25.5 Å². The number of aromatic nitrogens is 1. The van der Waals surface area contributed by atoms with E-state index in [4.69, 9.17) is 9.47 Å². The molecule has 1 heterocycles. The molecule has 2 aromatic rings. The third-order valence-electron chi connectivity index (χ3n) is 4.16. The minimum atomic E-state index is -4.52. The number of aryl methyl sites for hydroxylation is 1. The zero-order valence-corrected chi connectivity index (χ0v) is 13.5. The van der Waals surface area contributed by atoms with Crippen LogP contribution in [0.2, 0.25) is 0 Å². The lowest BCUT2D eigenvalue weighted by atomic mass is 9.97. The number of alkyl halides is 3. The van der Waals surface area contributed by atoms with Gasteiger partial charge >= 0.3 is 12.1 Å². The van der Waals surface area contributed by atoms with Crippen molar-refractivity contribution in [1.82, 2.24) is 4.57 Å². The van der Waals surface area contributed by atoms with Crippen LogP contribution in [0.1, 0.15) is 29.7 Å². The average molecular weight is 329 g/mol. The third-order valence-corrected chi connectivity index (χ3v) is 4.16. The van der Waals surface area contributed by atoms with E-state index in [-0.39, 0.29) is 5.75 Å². The molecule has 0 saturated carbocycles. The number of fused-ring (bicyclic) bond motifs is 1. The number of ether oxygens (including phenoxy) is 2. The maximum absolute atomic E-state index is 13.2. The molecule has 1 atom stereocenters. The van der Waals surface area contributed by atoms with E-state index in [2.05, 4.69) is 0 Å². The number of hydrogen-bond acceptors (Lipinski definition) is 3. The van der Waals surface area contributed by atoms with Crippen molar-refractivity contribution in [2.45, 2.75) is 25.9 Å². The van der Waals surface area contributed by atoms with E-state index in [1.165, 1.54) is 20.3 Å². The highest BCUT2D eigenvalue weighted by molar-refractivity contribution is 5.93. The van der Waals surface area contributed by atoms with E-state index >= 15 is 0 Å². The highest BCUT2D eigenvalue weighted by atomic mass is 19.4. The lowest BCUT2D eigenvalue weighted by Crippen LogP contribution is -2.12. The molecule has 0 aliphatic heterocycles. The summed E-state index contributed by atoms with van der Waals surface area (Å²) in [6, 6.07) is 2.38. The first kappa shape index (κ1) is 17.2. The van der Waals surface area contributed by atoms with E-state index < -0.39 is 23.6 Å². The number of benzene rings is 1. The van der Waals surface area contributed by atoms with E-state index in [1.807, 2.05) is 0 Å². The van der Waals surface area contributed by atoms with Crippen molar-refractivity contribution < 1.29 is 27.4 Å². The second kappa shape index (κ2) is 5.79. The predicted octanol–water partition coefficient (Wildman–Crippen LogP) is 3.79. The number of halogens is 3. The number of carbonyl (C=O) groups is 1. The molecule has 0 bridgehead atoms. The lowest BCUT2D eigenvalue weighted by Gasteiger charge is -2.13. The molecule has 7 heteroatoms. The molecule has 0 radical (unpaired) electrons. The van der Waals surface area contributed by atoms with Crippen LogP contribution in [0.15, 0.2) is 12.1 Å². The maximum atomic E-state index is 13.2. The Balaban J connectivity index is 2.82. The molecule has 1 aromatic heterocycles. The topological polar surface area (TPSA) is 40.5 Å². The fourth-order valence-electron chi connectivity index (χ4n) is 2.85. The van der Waals surface area contributed by atoms with Gasteiger partial charge in [0.2, 0.25) is 0 Å². The Bertz CT molecular complexity index is 762. The molecule has 1 aromatic carbocycles. The Morgan fingerprint density at radius 3 is 2.35 bits per heavy atom. The number of esters is 1. The van der Waals surface area contributed by atoms with Crippen molar-refractivity contribution in [3.8, 4) is 5.75 Å². The smallest absolute Gasteiger partial charge is 0.420 e. The molecule has 0 spiro atoms. The number of hydrogen-bond donors (Lipinski definition) is 0. The van der Waals surface area contributed by atoms with Gasteiger partial charge < -0.3 is 14.0 Å². The van der Waals surface area contributed by atoms with Gasteiger partial charge in [-0.15, -0.1) is 0 Å². The van der Waals surface area contributed by atoms with Gasteiger partial charge in [0.15, 0.2) is 0 Å². The highest BCUT2D eigenvalue weighted by Crippen LogP contribution is 2.41. The van der Waals surface area contributed by atoms with Crippen molar-refractivity contribution in [2.75, 3.05) is 14.2 Å². The molecule has 2 rings (SSSR count). The first-order chi connectivity index (χ1) is 10.6. The molecular weight excluding hydrogens is 311 g/mol. The van der Waals surface area contributed by atoms with Gasteiger partial charge in [-0.05, 0) is 31.5 Å². The first-order valence-electron chi connectivity index (χ1n) is 6.95. The van der Waals surface area contributed by atoms with Crippen molar-refractivity contribution in [1.29, 1.82) is 0 Å². The second-order valence-electron chi connectivity index (χ2n) is 5.37. The Hall–Kier alpha value is -2.18. The number of carbonyl (C=O) groups excluding carboxylic acids is 1. The van der Waals surface area contributed by atoms with Crippen molar-refractivity contribution in [2.24, 2.45) is 7.05 Å². The van der Waals surface area contributed by atoms with E-state index in [9.17, 15) is 18.0 Å². The molecule has 0 amide bonds. The molecule has 4 nitrogen and oxygen atoms in total. The average Bonchev–Trinajstić information content (AvgIpc) is 2.74. The molecular formula is C16H18F3NO3. The first-order valence-corrected chi connectivity index (χ1v) is 6.95. The lowest BCUT2D eigenvalue weighted by molar-refractivity contribution is -0.142. The Kier molecular flexibility index (Phi) is 4.32. The van der Waals surface area contributed by atoms with Gasteiger partial charge in [-0.1, -0.05) is 0 Å². The minimum Gasteiger partial charge on any atom is -0.496 e. The zero-order chi connectivity index (χ0) is 17.5. The summed E-state index contributed by atoms with van der Waals surface area (Å²) in [4.78, 5) is 11.9. The largest absolute Gasteiger partial charge is 0.496 e. The van der Waals surface area contributed by atoms with Crippen LogP contribution in [-0.2, 0) is 22.8 Å². The molecule has 0 aliphatic carbocycles. The fraction of sp³-hybridized carbons (Fsp3) is 0.438. The fourth-order valence-corrected chi connectivity index (χ4v) is 2.85. The van der Waals surface area contributed by atoms with Gasteiger partial charge in [-0.25, -0.2) is 0 Å². The number of nitrogens with zero attached hydrogens (tertiary/aromatic N) is 1. The van der Waals surface area contributed by atoms with Gasteiger partial charge in [0, 0.05) is 23.6 Å². The molecule has 126 valence electrons. The standard InChI is InChI=1S/C16H18F3NO3/c1-8(15(21)23-5)14-9(2)20(3)12-7-11(16(17,18)19)13(22-4)6-10(12)14/h6-8H,1-5H3. The summed E-state index contributed by atoms with van der Waals surface area (Å²) in [5.74, 6) is -1.31. The summed E-state index contributed by atoms with van der Waals surface area (Å²) in [5.41, 5.74) is 0.896. The van der Waals surface area contributed by atoms with Crippen LogP contribution in [0.25, 0.3) is 10.9 Å². The van der Waals surface area contributed by atoms with Gasteiger partial charge in [-0.2, -0.15) is 13.2 Å². The van der Waals surface area contributed by atoms with Crippen molar-refractivity contribution >= 4 is 16.9 Å². The van der Waals surface area contributed by atoms with E-state index in [0.29, 0.717) is 22.2 Å². The number of methoxy groups -OCH3 is 2. The predicted molar refractivity (Wildman–Crippen MR) is 79.6 cm³/mol. The summed E-state index contributed by atoms with van der Waals surface area (Å²) in [6.07, 6.45) is -4.52. The Morgan fingerprint density at radius 1 is 1.26 bits per heavy atom. The van der Waals surface area contributed by atoms with Crippen molar-refractivity contribution in [3.05, 3.63) is 29.0 Å². The zero-order valence-electron chi connectivity index (χ0n) is 13.5. The van der Waals surface area contributed by atoms with Crippen LogP contribution in [0.3, 0.4) is 0 Å². The van der Waals surface area contributed by atoms with Gasteiger partial charge in [0.05, 0.1) is 25.7 Å². The van der Waals surface area contributed by atoms with Gasteiger partial charge in [0.25, 0.3) is 0 Å². The summed E-state index contributed by atoms with van der Waals surface area (Å²) in [7, 11) is 4.13. The molecule has 0 fully saturated rings. The Labute approximate surface area is 131 Å². The number of rotatable bonds is 3. The van der Waals surface area contributed by atoms with Gasteiger partial charge in [-0.3, -0.25) is 4.79 Å². The summed E-state index contributed by atoms with van der Waals surface area (Å²) in [5, 5.41) is 0.549. The monoisotopic (exact) mass is 329 g/mol. The normalized spacial score (nSPS) is 13.2. The Morgan fingerprint density at radius 2 is 1.87 bits per heavy atom. The molecule has 1 unspecified atom stereocenters. The summed E-state index contributed by atoms with van der Waals surface area (Å²) >= 11 is 0.